The molecule has 4 aliphatic rings. The number of aryl methyl sites for hydroxylation is 1. The monoisotopic (exact) mass is 695 g/mol. The van der Waals surface area contributed by atoms with Crippen LogP contribution in [0.25, 0.3) is 21.2 Å². The van der Waals surface area contributed by atoms with Crippen LogP contribution in [0.15, 0.2) is 52.8 Å². The number of carbonyl (C=O) groups is 4. The van der Waals surface area contributed by atoms with Crippen molar-refractivity contribution in [1.29, 1.82) is 0 Å². The highest BCUT2D eigenvalue weighted by Crippen LogP contribution is 2.45. The highest BCUT2D eigenvalue weighted by atomic mass is 32.1. The molecule has 1 atom stereocenters. The molecule has 4 aromatic rings. The van der Waals surface area contributed by atoms with Gasteiger partial charge in [0.2, 0.25) is 11.8 Å². The number of benzene rings is 2. The van der Waals surface area contributed by atoms with Crippen molar-refractivity contribution in [1.82, 2.24) is 19.7 Å². The highest BCUT2D eigenvalue weighted by molar-refractivity contribution is 7.17. The topological polar surface area (TPSA) is 130 Å². The predicted molar refractivity (Wildman–Crippen MR) is 188 cm³/mol. The summed E-state index contributed by atoms with van der Waals surface area (Å²) in [5.41, 5.74) is 4.51. The zero-order valence-corrected chi connectivity index (χ0v) is 28.9. The third kappa shape index (κ3) is 5.18. The quantitative estimate of drug-likeness (QED) is 0.287. The molecule has 2 aromatic heterocycles. The molecule has 3 saturated heterocycles. The van der Waals surface area contributed by atoms with Crippen molar-refractivity contribution in [3.05, 3.63) is 75.0 Å². The molecule has 4 amide bonds. The molecular formula is C37H37N5O7S. The Morgan fingerprint density at radius 3 is 2.28 bits per heavy atom. The Balaban J connectivity index is 0.935. The molecule has 0 radical (unpaired) electrons. The molecule has 1 spiro atoms. The van der Waals surface area contributed by atoms with Crippen molar-refractivity contribution in [2.24, 2.45) is 12.5 Å². The molecule has 0 saturated carbocycles. The summed E-state index contributed by atoms with van der Waals surface area (Å²) < 4.78 is 14.4. The number of piperidine rings is 2. The number of thiophene rings is 1. The molecule has 3 fully saturated rings. The van der Waals surface area contributed by atoms with E-state index in [1.54, 1.807) is 49.3 Å². The van der Waals surface area contributed by atoms with Crippen molar-refractivity contribution in [3.63, 3.8) is 0 Å². The van der Waals surface area contributed by atoms with Crippen LogP contribution in [0.1, 0.15) is 52.0 Å². The maximum absolute atomic E-state index is 13.3. The number of imide groups is 2. The van der Waals surface area contributed by atoms with Gasteiger partial charge < -0.3 is 18.9 Å². The van der Waals surface area contributed by atoms with Crippen molar-refractivity contribution in [2.75, 3.05) is 45.3 Å². The smallest absolute Gasteiger partial charge is 0.262 e. The number of hydrogen-bond acceptors (Lipinski definition) is 10. The lowest BCUT2D eigenvalue weighted by molar-refractivity contribution is -0.136. The largest absolute Gasteiger partial charge is 0.496 e. The second-order valence-corrected chi connectivity index (χ2v) is 14.7. The first-order valence-corrected chi connectivity index (χ1v) is 17.6. The van der Waals surface area contributed by atoms with Crippen LogP contribution in [-0.4, -0.2) is 84.4 Å². The third-order valence-electron chi connectivity index (χ3n) is 10.8. The number of ether oxygens (including phenoxy) is 2. The first-order valence-electron chi connectivity index (χ1n) is 16.7. The van der Waals surface area contributed by atoms with Gasteiger partial charge in [-0.15, -0.1) is 11.3 Å². The fourth-order valence-electron chi connectivity index (χ4n) is 8.02. The number of amides is 4. The zero-order chi connectivity index (χ0) is 34.9. The minimum Gasteiger partial charge on any atom is -0.496 e. The number of rotatable bonds is 7. The zero-order valence-electron chi connectivity index (χ0n) is 28.1. The SMILES string of the molecule is COc1cc(-c2cn(C)c(=O)c3ccsc23)cc(OC)c1CN1CCC2(CC1)CN(c1ccc3c(c1)C(=O)N(C1CCC(=O)NC1=O)C3=O)C2. The van der Waals surface area contributed by atoms with Gasteiger partial charge in [-0.3, -0.25) is 39.1 Å². The van der Waals surface area contributed by atoms with Crippen LogP contribution in [0.4, 0.5) is 5.69 Å². The average Bonchev–Trinajstić information content (AvgIpc) is 3.69. The number of hydrogen-bond donors (Lipinski definition) is 1. The number of fused-ring (bicyclic) bond motifs is 2. The second kappa shape index (κ2) is 12.1. The molecule has 258 valence electrons. The lowest BCUT2D eigenvalue weighted by Crippen LogP contribution is -2.60. The van der Waals surface area contributed by atoms with Gasteiger partial charge in [-0.2, -0.15) is 0 Å². The van der Waals surface area contributed by atoms with Gasteiger partial charge in [-0.1, -0.05) is 0 Å². The van der Waals surface area contributed by atoms with Crippen molar-refractivity contribution < 1.29 is 28.7 Å². The molecule has 0 bridgehead atoms. The third-order valence-corrected chi connectivity index (χ3v) is 11.8. The van der Waals surface area contributed by atoms with Crippen molar-refractivity contribution in [3.8, 4) is 22.6 Å². The van der Waals surface area contributed by atoms with E-state index in [9.17, 15) is 24.0 Å². The van der Waals surface area contributed by atoms with E-state index in [1.807, 2.05) is 35.8 Å². The maximum Gasteiger partial charge on any atom is 0.262 e. The van der Waals surface area contributed by atoms with E-state index in [0.29, 0.717) is 23.1 Å². The summed E-state index contributed by atoms with van der Waals surface area (Å²) >= 11 is 1.55. The summed E-state index contributed by atoms with van der Waals surface area (Å²) in [6.07, 6.45) is 4.14. The molecule has 4 aliphatic heterocycles. The molecule has 50 heavy (non-hydrogen) atoms. The van der Waals surface area contributed by atoms with Gasteiger partial charge >= 0.3 is 0 Å². The minimum absolute atomic E-state index is 0.0183. The summed E-state index contributed by atoms with van der Waals surface area (Å²) in [7, 11) is 5.11. The number of anilines is 1. The average molecular weight is 696 g/mol. The number of nitrogens with zero attached hydrogens (tertiary/aromatic N) is 4. The molecule has 6 heterocycles. The highest BCUT2D eigenvalue weighted by Gasteiger charge is 2.47. The van der Waals surface area contributed by atoms with E-state index in [-0.39, 0.29) is 23.8 Å². The Morgan fingerprint density at radius 2 is 1.60 bits per heavy atom. The summed E-state index contributed by atoms with van der Waals surface area (Å²) in [4.78, 5) is 68.8. The van der Waals surface area contributed by atoms with Gasteiger partial charge in [-0.25, -0.2) is 0 Å². The van der Waals surface area contributed by atoms with Crippen LogP contribution in [0.3, 0.4) is 0 Å². The molecule has 1 unspecified atom stereocenters. The Bertz CT molecular complexity index is 2130. The van der Waals surface area contributed by atoms with Gasteiger partial charge in [-0.05, 0) is 79.7 Å². The van der Waals surface area contributed by atoms with Crippen LogP contribution in [0.5, 0.6) is 11.5 Å². The van der Waals surface area contributed by atoms with E-state index in [2.05, 4.69) is 15.1 Å². The molecule has 13 heteroatoms. The Kier molecular flexibility index (Phi) is 7.79. The van der Waals surface area contributed by atoms with Crippen LogP contribution in [0, 0.1) is 5.41 Å². The summed E-state index contributed by atoms with van der Waals surface area (Å²) in [6, 6.07) is 10.3. The summed E-state index contributed by atoms with van der Waals surface area (Å²) in [5.74, 6) is -0.494. The Labute approximate surface area is 292 Å². The Morgan fingerprint density at radius 1 is 0.900 bits per heavy atom. The molecule has 1 N–H and O–H groups in total. The molecule has 2 aromatic carbocycles. The number of methoxy groups -OCH3 is 2. The number of likely N-dealkylation sites (tertiary alicyclic amines) is 1. The number of nitrogens with one attached hydrogen (secondary N) is 1. The van der Waals surface area contributed by atoms with E-state index in [4.69, 9.17) is 9.47 Å². The van der Waals surface area contributed by atoms with Crippen LogP contribution < -0.4 is 25.2 Å². The molecular weight excluding hydrogens is 659 g/mol. The maximum atomic E-state index is 13.3. The van der Waals surface area contributed by atoms with Crippen molar-refractivity contribution >= 4 is 50.7 Å². The van der Waals surface area contributed by atoms with Gasteiger partial charge in [0.15, 0.2) is 0 Å². The number of pyridine rings is 1. The summed E-state index contributed by atoms with van der Waals surface area (Å²) in [6.45, 7) is 4.22. The lowest BCUT2D eigenvalue weighted by atomic mass is 9.71. The molecule has 0 aliphatic carbocycles. The molecule has 8 rings (SSSR count). The Hall–Kier alpha value is -5.01. The molecule has 12 nitrogen and oxygen atoms in total. The summed E-state index contributed by atoms with van der Waals surface area (Å²) in [5, 5.41) is 4.88. The van der Waals surface area contributed by atoms with Gasteiger partial charge in [0.1, 0.15) is 17.5 Å². The van der Waals surface area contributed by atoms with Crippen LogP contribution in [-0.2, 0) is 23.2 Å². The van der Waals surface area contributed by atoms with Gasteiger partial charge in [0.25, 0.3) is 17.4 Å². The van der Waals surface area contributed by atoms with Crippen LogP contribution in [0.2, 0.25) is 0 Å². The van der Waals surface area contributed by atoms with Gasteiger partial charge in [0.05, 0.1) is 36.3 Å². The van der Waals surface area contributed by atoms with Crippen LogP contribution >= 0.6 is 11.3 Å². The van der Waals surface area contributed by atoms with Gasteiger partial charge in [0, 0.05) is 60.7 Å². The van der Waals surface area contributed by atoms with Crippen molar-refractivity contribution in [2.45, 2.75) is 38.3 Å². The number of carbonyl (C=O) groups excluding carboxylic acids is 4. The predicted octanol–water partition coefficient (Wildman–Crippen LogP) is 3.79. The second-order valence-electron chi connectivity index (χ2n) is 13.8. The fraction of sp³-hybridized carbons (Fsp3) is 0.378. The van der Waals surface area contributed by atoms with E-state index in [1.165, 1.54) is 0 Å². The lowest BCUT2D eigenvalue weighted by Gasteiger charge is -2.55. The first kappa shape index (κ1) is 32.2. The van der Waals surface area contributed by atoms with E-state index < -0.39 is 29.7 Å². The standard InChI is InChI=1S/C37H37N5O7S/c1-39-17-26(32-24(34(39)45)8-13-50-32)21-14-29(48-2)27(30(15-21)49-3)18-40-11-9-37(10-12-40)19-41(20-37)22-4-5-23-25(16-22)36(47)42(35(23)46)28-6-7-31(43)38-33(28)44/h4-5,8,13-17,28H,6-7,9-12,18-20H2,1-3H3,(H,38,43,44). The van der Waals surface area contributed by atoms with E-state index >= 15 is 0 Å². The fourth-order valence-corrected chi connectivity index (χ4v) is 8.94. The van der Waals surface area contributed by atoms with E-state index in [0.717, 1.165) is 82.5 Å². The minimum atomic E-state index is -0.975. The normalized spacial score (nSPS) is 20.3. The number of aromatic nitrogens is 1. The first-order chi connectivity index (χ1) is 24.1.